The van der Waals surface area contributed by atoms with Crippen molar-refractivity contribution in [1.29, 1.82) is 0 Å². The number of nitrogens with zero attached hydrogens (tertiary/aromatic N) is 4. The molecule has 0 spiro atoms. The van der Waals surface area contributed by atoms with Gasteiger partial charge < -0.3 is 0 Å². The summed E-state index contributed by atoms with van der Waals surface area (Å²) in [4.78, 5) is 4.72. The van der Waals surface area contributed by atoms with E-state index in [0.29, 0.717) is 5.82 Å². The molecule has 0 aliphatic rings. The van der Waals surface area contributed by atoms with Crippen LogP contribution in [0.4, 0.5) is 0 Å². The fourth-order valence-corrected chi connectivity index (χ4v) is 3.35. The Morgan fingerprint density at radius 1 is 0.679 bits per heavy atom. The topological polar surface area (TPSA) is 43.1 Å². The largest absolute Gasteiger partial charge is 0.204 e. The number of aromatic nitrogens is 4. The molecule has 4 nitrogen and oxygen atoms in total. The van der Waals surface area contributed by atoms with Crippen LogP contribution in [-0.4, -0.2) is 19.8 Å². The lowest BCUT2D eigenvalue weighted by Gasteiger charge is -2.01. The molecule has 0 saturated carbocycles. The van der Waals surface area contributed by atoms with Gasteiger partial charge in [0.05, 0.1) is 5.69 Å². The average Bonchev–Trinajstić information content (AvgIpc) is 3.28. The summed E-state index contributed by atoms with van der Waals surface area (Å²) >= 11 is 0. The molecule has 0 unspecified atom stereocenters. The van der Waals surface area contributed by atoms with Gasteiger partial charge >= 0.3 is 0 Å². The zero-order valence-corrected chi connectivity index (χ0v) is 15.4. The van der Waals surface area contributed by atoms with Crippen LogP contribution in [0, 0.1) is 6.92 Å². The number of hydrogen-bond acceptors (Lipinski definition) is 3. The number of rotatable bonds is 3. The maximum absolute atomic E-state index is 4.72. The molecule has 0 amide bonds. The summed E-state index contributed by atoms with van der Waals surface area (Å²) in [5.74, 6) is 0.692. The summed E-state index contributed by atoms with van der Waals surface area (Å²) in [7, 11) is 0. The summed E-state index contributed by atoms with van der Waals surface area (Å²) in [6, 6.07) is 28.9. The minimum atomic E-state index is 0.692. The van der Waals surface area contributed by atoms with Crippen LogP contribution < -0.4 is 5.22 Å². The van der Waals surface area contributed by atoms with Crippen LogP contribution in [0.1, 0.15) is 11.3 Å². The predicted molar refractivity (Wildman–Crippen MR) is 112 cm³/mol. The van der Waals surface area contributed by atoms with Gasteiger partial charge in [0.2, 0.25) is 0 Å². The van der Waals surface area contributed by atoms with Gasteiger partial charge in [0, 0.05) is 10.8 Å². The third-order valence-electron chi connectivity index (χ3n) is 4.83. The first kappa shape index (κ1) is 16.4. The van der Waals surface area contributed by atoms with Crippen LogP contribution >= 0.6 is 0 Å². The van der Waals surface area contributed by atoms with Crippen LogP contribution in [0.25, 0.3) is 34.2 Å². The summed E-state index contributed by atoms with van der Waals surface area (Å²) in [6.07, 6.45) is 2.12. The molecule has 0 bridgehead atoms. The third-order valence-corrected chi connectivity index (χ3v) is 4.83. The van der Waals surface area contributed by atoms with E-state index in [9.17, 15) is 0 Å². The lowest BCUT2D eigenvalue weighted by Crippen LogP contribution is -2.03. The normalized spacial score (nSPS) is 12.0. The molecule has 5 aromatic rings. The van der Waals surface area contributed by atoms with Crippen molar-refractivity contribution >= 4 is 11.7 Å². The second-order valence-corrected chi connectivity index (χ2v) is 6.75. The van der Waals surface area contributed by atoms with E-state index in [4.69, 9.17) is 4.98 Å². The Balaban J connectivity index is 1.56. The van der Waals surface area contributed by atoms with Gasteiger partial charge in [-0.05, 0) is 29.7 Å². The minimum Gasteiger partial charge on any atom is -0.204 e. The Kier molecular flexibility index (Phi) is 3.95. The molecule has 3 aromatic carbocycles. The average molecular weight is 362 g/mol. The van der Waals surface area contributed by atoms with Gasteiger partial charge in [-0.25, -0.2) is 4.98 Å². The lowest BCUT2D eigenvalue weighted by molar-refractivity contribution is 0.810. The van der Waals surface area contributed by atoms with E-state index in [2.05, 4.69) is 64.8 Å². The molecular weight excluding hydrogens is 344 g/mol. The maximum atomic E-state index is 4.72. The minimum absolute atomic E-state index is 0.692. The molecule has 4 heteroatoms. The molecule has 0 saturated heterocycles. The van der Waals surface area contributed by atoms with Crippen molar-refractivity contribution in [2.75, 3.05) is 0 Å². The van der Waals surface area contributed by atoms with Gasteiger partial charge in [-0.3, -0.25) is 0 Å². The zero-order valence-electron chi connectivity index (χ0n) is 15.4. The van der Waals surface area contributed by atoms with Crippen molar-refractivity contribution in [3.63, 3.8) is 0 Å². The summed E-state index contributed by atoms with van der Waals surface area (Å²) in [5.41, 5.74) is 6.22. The fraction of sp³-hybridized carbons (Fsp3) is 0.0417. The maximum Gasteiger partial charge on any atom is 0.185 e. The van der Waals surface area contributed by atoms with Crippen LogP contribution in [0.15, 0.2) is 84.9 Å². The van der Waals surface area contributed by atoms with Crippen molar-refractivity contribution in [2.45, 2.75) is 6.92 Å². The Morgan fingerprint density at radius 2 is 1.29 bits per heavy atom. The number of aryl methyl sites for hydroxylation is 1. The first-order chi connectivity index (χ1) is 13.8. The monoisotopic (exact) mass is 362 g/mol. The molecule has 5 rings (SSSR count). The van der Waals surface area contributed by atoms with E-state index >= 15 is 0 Å². The van der Waals surface area contributed by atoms with Crippen molar-refractivity contribution < 1.29 is 0 Å². The highest BCUT2D eigenvalue weighted by Gasteiger charge is 2.11. The molecule has 28 heavy (non-hydrogen) atoms. The van der Waals surface area contributed by atoms with E-state index < -0.39 is 0 Å². The zero-order chi connectivity index (χ0) is 18.9. The highest BCUT2D eigenvalue weighted by Crippen LogP contribution is 2.19. The first-order valence-corrected chi connectivity index (χ1v) is 9.24. The Morgan fingerprint density at radius 3 is 1.96 bits per heavy atom. The Labute approximate surface area is 162 Å². The van der Waals surface area contributed by atoms with Crippen molar-refractivity contribution in [2.24, 2.45) is 0 Å². The van der Waals surface area contributed by atoms with E-state index in [-0.39, 0.29) is 0 Å². The first-order valence-electron chi connectivity index (χ1n) is 9.24. The smallest absolute Gasteiger partial charge is 0.185 e. The quantitative estimate of drug-likeness (QED) is 0.480. The molecule has 2 aromatic heterocycles. The summed E-state index contributed by atoms with van der Waals surface area (Å²) in [6.45, 7) is 1.99. The standard InChI is InChI=1S/C24H18N4/c1-17-22(16-18-12-14-20(15-13-18)19-8-4-2-5-9-19)24-25-23(27-28(24)26-17)21-10-6-3-7-11-21/h2-16H,1H3/b22-16+. The van der Waals surface area contributed by atoms with Gasteiger partial charge in [0.15, 0.2) is 11.5 Å². The number of benzene rings is 3. The summed E-state index contributed by atoms with van der Waals surface area (Å²) < 4.78 is 1.63. The number of hydrogen-bond donors (Lipinski definition) is 0. The molecule has 0 aliphatic carbocycles. The van der Waals surface area contributed by atoms with Crippen LogP contribution in [0.3, 0.4) is 0 Å². The molecule has 0 aliphatic heterocycles. The highest BCUT2D eigenvalue weighted by atomic mass is 15.5. The fourth-order valence-electron chi connectivity index (χ4n) is 3.35. The van der Waals surface area contributed by atoms with Crippen molar-refractivity contribution in [3.05, 3.63) is 101 Å². The van der Waals surface area contributed by atoms with Crippen LogP contribution in [0.2, 0.25) is 0 Å². The van der Waals surface area contributed by atoms with Crippen LogP contribution in [-0.2, 0) is 0 Å². The van der Waals surface area contributed by atoms with E-state index in [1.54, 1.807) is 4.63 Å². The molecular formula is C24H18N4. The van der Waals surface area contributed by atoms with Gasteiger partial charge in [-0.2, -0.15) is 5.10 Å². The van der Waals surface area contributed by atoms with Crippen molar-refractivity contribution in [3.8, 4) is 22.5 Å². The van der Waals surface area contributed by atoms with Gasteiger partial charge in [-0.15, -0.1) is 9.73 Å². The molecule has 2 heterocycles. The summed E-state index contributed by atoms with van der Waals surface area (Å²) in [5, 5.41) is 10.1. The highest BCUT2D eigenvalue weighted by molar-refractivity contribution is 5.67. The SMILES string of the molecule is Cc1nn2nc(-c3ccccc3)nc2/c1=C/c1ccc(-c2ccccc2)cc1. The third kappa shape index (κ3) is 2.95. The van der Waals surface area contributed by atoms with Gasteiger partial charge in [-0.1, -0.05) is 84.9 Å². The Hall–Kier alpha value is -3.79. The second kappa shape index (κ2) is 6.74. The predicted octanol–water partition coefficient (Wildman–Crippen LogP) is 4.31. The molecule has 0 fully saturated rings. The number of fused-ring (bicyclic) bond motifs is 1. The van der Waals surface area contributed by atoms with Gasteiger partial charge in [0.1, 0.15) is 0 Å². The van der Waals surface area contributed by atoms with Crippen LogP contribution in [0.5, 0.6) is 0 Å². The molecule has 0 atom stereocenters. The Bertz CT molecular complexity index is 1290. The molecule has 0 radical (unpaired) electrons. The lowest BCUT2D eigenvalue weighted by atomic mass is 10.0. The van der Waals surface area contributed by atoms with Gasteiger partial charge in [0.25, 0.3) is 0 Å². The van der Waals surface area contributed by atoms with E-state index in [1.807, 2.05) is 43.3 Å². The second-order valence-electron chi connectivity index (χ2n) is 6.75. The van der Waals surface area contributed by atoms with Crippen molar-refractivity contribution in [1.82, 2.24) is 19.8 Å². The van der Waals surface area contributed by atoms with E-state index in [0.717, 1.165) is 27.7 Å². The molecule has 0 N–H and O–H groups in total. The molecule has 134 valence electrons. The van der Waals surface area contributed by atoms with E-state index in [1.165, 1.54) is 11.1 Å².